The number of thiophene rings is 1. The van der Waals surface area contributed by atoms with Gasteiger partial charge in [0, 0.05) is 7.05 Å². The summed E-state index contributed by atoms with van der Waals surface area (Å²) in [4.78, 5) is 5.01. The first kappa shape index (κ1) is 16.2. The summed E-state index contributed by atoms with van der Waals surface area (Å²) in [5.74, 6) is 0.190. The number of hydrogen-bond acceptors (Lipinski definition) is 3. The van der Waals surface area contributed by atoms with Crippen molar-refractivity contribution in [2.24, 2.45) is 7.05 Å². The van der Waals surface area contributed by atoms with Crippen molar-refractivity contribution in [3.8, 4) is 22.1 Å². The SMILES string of the molecule is Cn1nc(-c2c(F)cccc2Cl)nc1-c1sc(Br)c(Cl)c1Cl. The zero-order valence-corrected chi connectivity index (χ0v) is 15.5. The minimum atomic E-state index is -0.485. The van der Waals surface area contributed by atoms with Crippen LogP contribution >= 0.6 is 62.1 Å². The Morgan fingerprint density at radius 3 is 2.55 bits per heavy atom. The Hall–Kier alpha value is -0.660. The van der Waals surface area contributed by atoms with Gasteiger partial charge >= 0.3 is 0 Å². The van der Waals surface area contributed by atoms with Gasteiger partial charge in [-0.1, -0.05) is 40.9 Å². The second-order valence-electron chi connectivity index (χ2n) is 4.31. The van der Waals surface area contributed by atoms with E-state index in [0.717, 1.165) is 0 Å². The third-order valence-electron chi connectivity index (χ3n) is 2.91. The quantitative estimate of drug-likeness (QED) is 0.483. The number of aryl methyl sites for hydroxylation is 1. The van der Waals surface area contributed by atoms with Crippen molar-refractivity contribution in [2.75, 3.05) is 0 Å². The van der Waals surface area contributed by atoms with Crippen LogP contribution in [0.3, 0.4) is 0 Å². The molecule has 0 aliphatic carbocycles. The second-order valence-corrected chi connectivity index (χ2v) is 7.81. The number of halogens is 5. The molecular formula is C13H6BrCl3FN3S. The molecule has 3 aromatic rings. The summed E-state index contributed by atoms with van der Waals surface area (Å²) in [5, 5.41) is 5.26. The van der Waals surface area contributed by atoms with E-state index in [1.54, 1.807) is 13.1 Å². The Kier molecular flexibility index (Phi) is 4.49. The minimum absolute atomic E-state index is 0.156. The topological polar surface area (TPSA) is 30.7 Å². The maximum absolute atomic E-state index is 14.0. The smallest absolute Gasteiger partial charge is 0.186 e. The van der Waals surface area contributed by atoms with Crippen molar-refractivity contribution in [1.82, 2.24) is 14.8 Å². The number of nitrogens with zero attached hydrogens (tertiary/aromatic N) is 3. The van der Waals surface area contributed by atoms with Gasteiger partial charge < -0.3 is 0 Å². The molecule has 0 atom stereocenters. The van der Waals surface area contributed by atoms with Crippen LogP contribution in [-0.2, 0) is 7.05 Å². The predicted octanol–water partition coefficient (Wildman–Crippen LogP) is 6.07. The van der Waals surface area contributed by atoms with Gasteiger partial charge in [-0.3, -0.25) is 0 Å². The fourth-order valence-electron chi connectivity index (χ4n) is 1.91. The van der Waals surface area contributed by atoms with Crippen LogP contribution in [0.5, 0.6) is 0 Å². The van der Waals surface area contributed by atoms with Crippen LogP contribution in [0.1, 0.15) is 0 Å². The molecule has 114 valence electrons. The standard InChI is InChI=1S/C13H6BrCl3FN3S/c1-21-13(10-8(16)9(17)11(14)22-10)19-12(20-21)7-5(15)3-2-4-6(7)18/h2-4H,1H3. The lowest BCUT2D eigenvalue weighted by Crippen LogP contribution is -1.93. The van der Waals surface area contributed by atoms with E-state index in [0.29, 0.717) is 24.5 Å². The highest BCUT2D eigenvalue weighted by Gasteiger charge is 2.22. The van der Waals surface area contributed by atoms with Gasteiger partial charge in [-0.2, -0.15) is 5.10 Å². The largest absolute Gasteiger partial charge is 0.248 e. The first-order chi connectivity index (χ1) is 10.4. The predicted molar refractivity (Wildman–Crippen MR) is 92.4 cm³/mol. The second kappa shape index (κ2) is 6.09. The maximum atomic E-state index is 14.0. The van der Waals surface area contributed by atoms with Crippen molar-refractivity contribution in [1.29, 1.82) is 0 Å². The van der Waals surface area contributed by atoms with Crippen molar-refractivity contribution in [2.45, 2.75) is 0 Å². The lowest BCUT2D eigenvalue weighted by atomic mass is 10.2. The lowest BCUT2D eigenvalue weighted by Gasteiger charge is -1.99. The van der Waals surface area contributed by atoms with Gasteiger partial charge in [0.1, 0.15) is 5.82 Å². The summed E-state index contributed by atoms with van der Waals surface area (Å²) in [6.07, 6.45) is 0. The van der Waals surface area contributed by atoms with Crippen LogP contribution < -0.4 is 0 Å². The number of hydrogen-bond donors (Lipinski definition) is 0. The molecule has 3 rings (SSSR count). The average Bonchev–Trinajstić information content (AvgIpc) is 2.94. The van der Waals surface area contributed by atoms with Gasteiger partial charge in [-0.25, -0.2) is 14.1 Å². The van der Waals surface area contributed by atoms with Gasteiger partial charge in [-0.15, -0.1) is 11.3 Å². The Labute approximate surface area is 152 Å². The summed E-state index contributed by atoms with van der Waals surface area (Å²) >= 11 is 23.0. The van der Waals surface area contributed by atoms with Gasteiger partial charge in [0.05, 0.1) is 29.3 Å². The molecule has 22 heavy (non-hydrogen) atoms. The molecule has 0 radical (unpaired) electrons. The molecule has 2 aromatic heterocycles. The molecule has 9 heteroatoms. The van der Waals surface area contributed by atoms with E-state index >= 15 is 0 Å². The zero-order valence-electron chi connectivity index (χ0n) is 10.9. The van der Waals surface area contributed by atoms with Gasteiger partial charge in [0.2, 0.25) is 0 Å². The van der Waals surface area contributed by atoms with E-state index < -0.39 is 5.82 Å². The van der Waals surface area contributed by atoms with E-state index in [-0.39, 0.29) is 16.4 Å². The minimum Gasteiger partial charge on any atom is -0.248 e. The third-order valence-corrected chi connectivity index (χ3v) is 6.39. The fraction of sp³-hybridized carbons (Fsp3) is 0.0769. The molecule has 3 nitrogen and oxygen atoms in total. The van der Waals surface area contributed by atoms with Gasteiger partial charge in [0.15, 0.2) is 11.6 Å². The van der Waals surface area contributed by atoms with Crippen LogP contribution in [0.15, 0.2) is 22.0 Å². The van der Waals surface area contributed by atoms with E-state index in [9.17, 15) is 4.39 Å². The molecule has 0 saturated carbocycles. The molecule has 0 fully saturated rings. The summed E-state index contributed by atoms with van der Waals surface area (Å²) in [6, 6.07) is 4.42. The molecule has 0 saturated heterocycles. The molecule has 0 N–H and O–H groups in total. The van der Waals surface area contributed by atoms with Crippen molar-refractivity contribution in [3.05, 3.63) is 42.9 Å². The highest BCUT2D eigenvalue weighted by Crippen LogP contribution is 2.45. The Morgan fingerprint density at radius 2 is 1.95 bits per heavy atom. The Balaban J connectivity index is 2.18. The number of rotatable bonds is 2. The molecule has 0 aliphatic heterocycles. The molecular weight excluding hydrogens is 435 g/mol. The van der Waals surface area contributed by atoms with Crippen LogP contribution in [0.4, 0.5) is 4.39 Å². The van der Waals surface area contributed by atoms with Crippen LogP contribution in [0.25, 0.3) is 22.1 Å². The molecule has 0 aliphatic rings. The van der Waals surface area contributed by atoms with Crippen molar-refractivity contribution in [3.63, 3.8) is 0 Å². The molecule has 0 bridgehead atoms. The van der Waals surface area contributed by atoms with E-state index in [1.807, 2.05) is 0 Å². The van der Waals surface area contributed by atoms with Gasteiger partial charge in [-0.05, 0) is 28.1 Å². The lowest BCUT2D eigenvalue weighted by molar-refractivity contribution is 0.629. The number of benzene rings is 1. The Morgan fingerprint density at radius 1 is 1.23 bits per heavy atom. The fourth-order valence-corrected chi connectivity index (χ4v) is 4.40. The highest BCUT2D eigenvalue weighted by molar-refractivity contribution is 9.11. The van der Waals surface area contributed by atoms with E-state index in [2.05, 4.69) is 26.0 Å². The van der Waals surface area contributed by atoms with E-state index in [1.165, 1.54) is 28.2 Å². The Bertz CT molecular complexity index is 858. The molecule has 0 amide bonds. The molecule has 0 spiro atoms. The maximum Gasteiger partial charge on any atom is 0.186 e. The molecule has 0 unspecified atom stereocenters. The zero-order chi connectivity index (χ0) is 16.0. The van der Waals surface area contributed by atoms with Crippen LogP contribution in [-0.4, -0.2) is 14.8 Å². The summed E-state index contributed by atoms with van der Waals surface area (Å²) < 4.78 is 16.2. The first-order valence-electron chi connectivity index (χ1n) is 5.89. The van der Waals surface area contributed by atoms with Crippen molar-refractivity contribution < 1.29 is 4.39 Å². The third kappa shape index (κ3) is 2.67. The first-order valence-corrected chi connectivity index (χ1v) is 8.63. The monoisotopic (exact) mass is 439 g/mol. The summed E-state index contributed by atoms with van der Waals surface area (Å²) in [5.41, 5.74) is 0.156. The van der Waals surface area contributed by atoms with E-state index in [4.69, 9.17) is 34.8 Å². The van der Waals surface area contributed by atoms with Crippen LogP contribution in [0, 0.1) is 5.82 Å². The highest BCUT2D eigenvalue weighted by atomic mass is 79.9. The summed E-state index contributed by atoms with van der Waals surface area (Å²) in [7, 11) is 1.69. The van der Waals surface area contributed by atoms with Crippen molar-refractivity contribution >= 4 is 62.1 Å². The molecule has 1 aromatic carbocycles. The molecule has 2 heterocycles. The van der Waals surface area contributed by atoms with Crippen LogP contribution in [0.2, 0.25) is 15.1 Å². The average molecular weight is 442 g/mol. The normalized spacial score (nSPS) is 11.2. The summed E-state index contributed by atoms with van der Waals surface area (Å²) in [6.45, 7) is 0. The number of aromatic nitrogens is 3. The van der Waals surface area contributed by atoms with Gasteiger partial charge in [0.25, 0.3) is 0 Å².